The van der Waals surface area contributed by atoms with Gasteiger partial charge in [0.2, 0.25) is 0 Å². The molecule has 0 N–H and O–H groups in total. The van der Waals surface area contributed by atoms with Crippen molar-refractivity contribution in [3.8, 4) is 36.5 Å². The van der Waals surface area contributed by atoms with Gasteiger partial charge in [0.05, 0.1) is 19.5 Å². The van der Waals surface area contributed by atoms with Crippen LogP contribution in [0.5, 0.6) is 0 Å². The fraction of sp³-hybridized carbons (Fsp3) is 0. The highest BCUT2D eigenvalue weighted by Crippen LogP contribution is 2.16. The predicted molar refractivity (Wildman–Crippen MR) is 70.5 cm³/mol. The topological polar surface area (TPSA) is 0 Å². The molecule has 0 bridgehead atoms. The summed E-state index contributed by atoms with van der Waals surface area (Å²) in [6, 6.07) is 7.66. The Kier molecular flexibility index (Phi) is 3.13. The first-order valence-electron chi connectivity index (χ1n) is 4.47. The average Bonchev–Trinajstić information content (AvgIpc) is 2.95. The minimum absolute atomic E-state index is 0.903. The Morgan fingerprint density at radius 2 is 1.06 bits per heavy atom. The third-order valence-electron chi connectivity index (χ3n) is 1.81. The molecule has 2 heteroatoms. The predicted octanol–water partition coefficient (Wildman–Crippen LogP) is 3.17. The van der Waals surface area contributed by atoms with Crippen LogP contribution in [0.4, 0.5) is 0 Å². The smallest absolute Gasteiger partial charge is 0.0785 e. The van der Waals surface area contributed by atoms with E-state index >= 15 is 0 Å². The molecule has 0 aliphatic carbocycles. The molecule has 0 atom stereocenters. The van der Waals surface area contributed by atoms with Gasteiger partial charge in [-0.25, -0.2) is 0 Å². The molecule has 0 radical (unpaired) electrons. The van der Waals surface area contributed by atoms with Crippen LogP contribution in [-0.4, -0.2) is 0 Å². The summed E-state index contributed by atoms with van der Waals surface area (Å²) in [6.07, 6.45) is 10.6. The third-order valence-corrected chi connectivity index (χ3v) is 3.67. The van der Waals surface area contributed by atoms with E-state index in [2.05, 4.69) is 23.7 Å². The normalized spacial score (nSPS) is 8.62. The van der Waals surface area contributed by atoms with Crippen LogP contribution in [0.1, 0.15) is 19.5 Å². The lowest BCUT2D eigenvalue weighted by atomic mass is 10.4. The van der Waals surface area contributed by atoms with Crippen molar-refractivity contribution >= 4 is 22.7 Å². The Bertz CT molecular complexity index is 589. The van der Waals surface area contributed by atoms with Gasteiger partial charge in [0, 0.05) is 0 Å². The van der Waals surface area contributed by atoms with Crippen LogP contribution in [0.25, 0.3) is 0 Å². The van der Waals surface area contributed by atoms with Crippen molar-refractivity contribution in [3.63, 3.8) is 0 Å². The van der Waals surface area contributed by atoms with Gasteiger partial charge in [0.1, 0.15) is 0 Å². The van der Waals surface area contributed by atoms with Crippen molar-refractivity contribution in [1.82, 2.24) is 0 Å². The number of thiophene rings is 2. The monoisotopic (exact) mass is 238 g/mol. The lowest BCUT2D eigenvalue weighted by Gasteiger charge is -1.78. The van der Waals surface area contributed by atoms with Gasteiger partial charge >= 0.3 is 0 Å². The molecular formula is C14H6S2. The first kappa shape index (κ1) is 10.6. The number of hydrogen-bond acceptors (Lipinski definition) is 2. The summed E-state index contributed by atoms with van der Waals surface area (Å²) in [5, 5.41) is 0. The molecule has 74 valence electrons. The minimum atomic E-state index is 0.903. The quantitative estimate of drug-likeness (QED) is 0.618. The third kappa shape index (κ3) is 2.36. The maximum Gasteiger partial charge on any atom is 0.0785 e. The fourth-order valence-electron chi connectivity index (χ4n) is 1.09. The summed E-state index contributed by atoms with van der Waals surface area (Å²) in [4.78, 5) is 3.76. The molecule has 16 heavy (non-hydrogen) atoms. The maximum absolute atomic E-state index is 5.28. The Balaban J connectivity index is 2.22. The largest absolute Gasteiger partial charge is 0.118 e. The Hall–Kier alpha value is -1.92. The number of terminal acetylenes is 2. The van der Waals surface area contributed by atoms with Crippen LogP contribution in [-0.2, 0) is 0 Å². The Morgan fingerprint density at radius 1 is 0.688 bits per heavy atom. The van der Waals surface area contributed by atoms with Gasteiger partial charge in [-0.3, -0.25) is 0 Å². The molecule has 2 aromatic heterocycles. The van der Waals surface area contributed by atoms with E-state index in [1.54, 1.807) is 0 Å². The summed E-state index contributed by atoms with van der Waals surface area (Å²) >= 11 is 3.04. The Morgan fingerprint density at radius 3 is 1.38 bits per heavy atom. The van der Waals surface area contributed by atoms with Gasteiger partial charge in [-0.2, -0.15) is 0 Å². The van der Waals surface area contributed by atoms with Crippen LogP contribution >= 0.6 is 22.7 Å². The van der Waals surface area contributed by atoms with Crippen molar-refractivity contribution in [3.05, 3.63) is 43.8 Å². The van der Waals surface area contributed by atoms with E-state index in [9.17, 15) is 0 Å². The standard InChI is InChI=1S/C14H6S2/c1-3-11-5-7-13(15-11)9-10-14-8-6-12(4-2)16-14/h1-2,5-8H. The Labute approximate surface area is 103 Å². The summed E-state index contributed by atoms with van der Waals surface area (Å²) in [6.45, 7) is 0. The van der Waals surface area contributed by atoms with Gasteiger partial charge < -0.3 is 0 Å². The average molecular weight is 238 g/mol. The highest BCUT2D eigenvalue weighted by molar-refractivity contribution is 7.13. The number of rotatable bonds is 0. The molecule has 0 fully saturated rings. The SMILES string of the molecule is C#Cc1ccc(C#Cc2ccc(C#C)s2)s1. The van der Waals surface area contributed by atoms with E-state index in [0.29, 0.717) is 0 Å². The maximum atomic E-state index is 5.28. The van der Waals surface area contributed by atoms with Crippen molar-refractivity contribution in [2.24, 2.45) is 0 Å². The van der Waals surface area contributed by atoms with Crippen molar-refractivity contribution in [1.29, 1.82) is 0 Å². The molecule has 2 aromatic rings. The molecule has 2 rings (SSSR count). The van der Waals surface area contributed by atoms with Crippen LogP contribution in [0.15, 0.2) is 24.3 Å². The minimum Gasteiger partial charge on any atom is -0.118 e. The van der Waals surface area contributed by atoms with E-state index in [1.807, 2.05) is 24.3 Å². The molecule has 0 spiro atoms. The summed E-state index contributed by atoms with van der Waals surface area (Å²) in [5.74, 6) is 11.3. The summed E-state index contributed by atoms with van der Waals surface area (Å²) in [7, 11) is 0. The molecule has 0 amide bonds. The van der Waals surface area contributed by atoms with Crippen LogP contribution in [0.2, 0.25) is 0 Å². The van der Waals surface area contributed by atoms with Crippen LogP contribution in [0, 0.1) is 36.5 Å². The second-order valence-electron chi connectivity index (χ2n) is 2.87. The highest BCUT2D eigenvalue weighted by Gasteiger charge is 1.95. The zero-order chi connectivity index (χ0) is 11.4. The molecule has 2 heterocycles. The molecule has 0 aliphatic rings. The first-order valence-corrected chi connectivity index (χ1v) is 6.10. The first-order chi connectivity index (χ1) is 7.81. The van der Waals surface area contributed by atoms with Crippen LogP contribution in [0.3, 0.4) is 0 Å². The lowest BCUT2D eigenvalue weighted by Crippen LogP contribution is -1.62. The molecule has 0 nitrogen and oxygen atoms in total. The molecular weight excluding hydrogens is 232 g/mol. The molecule has 0 unspecified atom stereocenters. The van der Waals surface area contributed by atoms with Gasteiger partial charge in [-0.05, 0) is 36.1 Å². The van der Waals surface area contributed by atoms with E-state index in [-0.39, 0.29) is 0 Å². The fourth-order valence-corrected chi connectivity index (χ4v) is 2.43. The van der Waals surface area contributed by atoms with E-state index in [4.69, 9.17) is 12.8 Å². The lowest BCUT2D eigenvalue weighted by molar-refractivity contribution is 1.87. The van der Waals surface area contributed by atoms with Crippen molar-refractivity contribution < 1.29 is 0 Å². The second-order valence-corrected chi connectivity index (χ2v) is 5.03. The van der Waals surface area contributed by atoms with E-state index in [0.717, 1.165) is 19.5 Å². The highest BCUT2D eigenvalue weighted by atomic mass is 32.1. The molecule has 0 aliphatic heterocycles. The summed E-state index contributed by atoms with van der Waals surface area (Å²) in [5.41, 5.74) is 0. The van der Waals surface area contributed by atoms with Crippen molar-refractivity contribution in [2.75, 3.05) is 0 Å². The number of hydrogen-bond donors (Lipinski definition) is 0. The summed E-state index contributed by atoms with van der Waals surface area (Å²) < 4.78 is 0. The molecule has 0 saturated heterocycles. The van der Waals surface area contributed by atoms with Crippen LogP contribution < -0.4 is 0 Å². The zero-order valence-electron chi connectivity index (χ0n) is 8.28. The molecule has 0 aromatic carbocycles. The van der Waals surface area contributed by atoms with E-state index < -0.39 is 0 Å². The van der Waals surface area contributed by atoms with Gasteiger partial charge in [-0.15, -0.1) is 35.5 Å². The van der Waals surface area contributed by atoms with E-state index in [1.165, 1.54) is 22.7 Å². The second kappa shape index (κ2) is 4.73. The van der Waals surface area contributed by atoms with Gasteiger partial charge in [0.25, 0.3) is 0 Å². The molecule has 0 saturated carbocycles. The van der Waals surface area contributed by atoms with Gasteiger partial charge in [-0.1, -0.05) is 11.8 Å². The van der Waals surface area contributed by atoms with Crippen molar-refractivity contribution in [2.45, 2.75) is 0 Å². The van der Waals surface area contributed by atoms with Gasteiger partial charge in [0.15, 0.2) is 0 Å². The zero-order valence-corrected chi connectivity index (χ0v) is 9.91.